The van der Waals surface area contributed by atoms with Gasteiger partial charge in [-0.3, -0.25) is 0 Å². The maximum Gasteiger partial charge on any atom is -0.00491 e. The van der Waals surface area contributed by atoms with E-state index in [-0.39, 0.29) is 0 Å². The number of fused-ring (bicyclic) bond motifs is 2. The van der Waals surface area contributed by atoms with Crippen LogP contribution >= 0.6 is 0 Å². The molecule has 0 radical (unpaired) electrons. The first-order valence-corrected chi connectivity index (χ1v) is 18.7. The minimum absolute atomic E-state index is 0.392. The monoisotopic (exact) mass is 672 g/mol. The number of benzene rings is 8. The molecule has 0 heteroatoms. The first-order chi connectivity index (χ1) is 25.5. The highest BCUT2D eigenvalue weighted by molar-refractivity contribution is 5.87. The molecule has 8 aromatic rings. The fraction of sp³-hybridized carbons (Fsp3) is 0.154. The second-order valence-corrected chi connectivity index (χ2v) is 14.3. The zero-order valence-electron chi connectivity index (χ0n) is 30.6. The van der Waals surface area contributed by atoms with Gasteiger partial charge in [-0.25, -0.2) is 0 Å². The summed E-state index contributed by atoms with van der Waals surface area (Å²) in [6.07, 6.45) is 2.12. The van der Waals surface area contributed by atoms with E-state index in [1.807, 2.05) is 0 Å². The van der Waals surface area contributed by atoms with Crippen molar-refractivity contribution in [1.29, 1.82) is 0 Å². The van der Waals surface area contributed by atoms with E-state index >= 15 is 0 Å². The van der Waals surface area contributed by atoms with Gasteiger partial charge < -0.3 is 0 Å². The summed E-state index contributed by atoms with van der Waals surface area (Å²) < 4.78 is 0. The molecule has 256 valence electrons. The first kappa shape index (κ1) is 34.7. The molecule has 0 aliphatic heterocycles. The predicted molar refractivity (Wildman–Crippen MR) is 224 cm³/mol. The fourth-order valence-electron chi connectivity index (χ4n) is 7.71. The molecular weight excluding hydrogens is 625 g/mol. The van der Waals surface area contributed by atoms with Gasteiger partial charge in [-0.2, -0.15) is 0 Å². The third kappa shape index (κ3) is 8.25. The lowest BCUT2D eigenvalue weighted by Gasteiger charge is -2.27. The van der Waals surface area contributed by atoms with E-state index in [9.17, 15) is 0 Å². The fourth-order valence-corrected chi connectivity index (χ4v) is 7.71. The molecule has 0 heterocycles. The molecule has 0 saturated carbocycles. The highest BCUT2D eigenvalue weighted by atomic mass is 14.3. The van der Waals surface area contributed by atoms with E-state index in [2.05, 4.69) is 215 Å². The van der Waals surface area contributed by atoms with Crippen molar-refractivity contribution in [1.82, 2.24) is 0 Å². The molecule has 0 nitrogen and oxygen atoms in total. The molecule has 0 spiro atoms. The van der Waals surface area contributed by atoms with Crippen LogP contribution in [0.5, 0.6) is 0 Å². The van der Waals surface area contributed by atoms with Crippen LogP contribution in [0.2, 0.25) is 0 Å². The van der Waals surface area contributed by atoms with Gasteiger partial charge in [0, 0.05) is 0 Å². The quantitative estimate of drug-likeness (QED) is 0.143. The number of aryl methyl sites for hydroxylation is 1. The van der Waals surface area contributed by atoms with Gasteiger partial charge in [0.15, 0.2) is 0 Å². The Balaban J connectivity index is 0.000000187. The van der Waals surface area contributed by atoms with Crippen LogP contribution in [0.25, 0.3) is 32.7 Å². The Bertz CT molecular complexity index is 2310. The van der Waals surface area contributed by atoms with Crippen LogP contribution in [0, 0.1) is 6.92 Å². The van der Waals surface area contributed by atoms with Crippen LogP contribution < -0.4 is 0 Å². The van der Waals surface area contributed by atoms with Gasteiger partial charge >= 0.3 is 0 Å². The van der Waals surface area contributed by atoms with Crippen LogP contribution in [0.1, 0.15) is 65.0 Å². The summed E-state index contributed by atoms with van der Waals surface area (Å²) in [5.41, 5.74) is 10.9. The Morgan fingerprint density at radius 3 is 1.40 bits per heavy atom. The summed E-state index contributed by atoms with van der Waals surface area (Å²) in [4.78, 5) is 0. The molecule has 0 aliphatic carbocycles. The van der Waals surface area contributed by atoms with Gasteiger partial charge in [0.1, 0.15) is 0 Å². The molecule has 0 fully saturated rings. The average molecular weight is 673 g/mol. The number of hydrogen-bond donors (Lipinski definition) is 0. The van der Waals surface area contributed by atoms with Crippen molar-refractivity contribution in [3.8, 4) is 11.1 Å². The molecule has 0 aliphatic rings. The highest BCUT2D eigenvalue weighted by Crippen LogP contribution is 2.39. The van der Waals surface area contributed by atoms with E-state index in [1.54, 1.807) is 0 Å². The Kier molecular flexibility index (Phi) is 11.0. The van der Waals surface area contributed by atoms with E-state index in [0.717, 1.165) is 12.8 Å². The average Bonchev–Trinajstić information content (AvgIpc) is 3.21. The van der Waals surface area contributed by atoms with Crippen molar-refractivity contribution >= 4 is 21.5 Å². The lowest BCUT2D eigenvalue weighted by Crippen LogP contribution is -2.12. The summed E-state index contributed by atoms with van der Waals surface area (Å²) in [5.74, 6) is 1.32. The minimum Gasteiger partial charge on any atom is -0.0622 e. The van der Waals surface area contributed by atoms with Crippen molar-refractivity contribution in [2.45, 2.75) is 51.4 Å². The van der Waals surface area contributed by atoms with Crippen LogP contribution in [0.4, 0.5) is 0 Å². The third-order valence-corrected chi connectivity index (χ3v) is 10.7. The second kappa shape index (κ2) is 16.5. The molecule has 3 unspecified atom stereocenters. The lowest BCUT2D eigenvalue weighted by molar-refractivity contribution is 0.576. The molecule has 0 amide bonds. The molecular formula is C52H48. The maximum atomic E-state index is 2.39. The summed E-state index contributed by atoms with van der Waals surface area (Å²) in [5, 5.41) is 5.40. The van der Waals surface area contributed by atoms with Crippen molar-refractivity contribution in [3.05, 3.63) is 228 Å². The van der Waals surface area contributed by atoms with Crippen LogP contribution in [0.15, 0.2) is 194 Å². The van der Waals surface area contributed by atoms with Gasteiger partial charge in [-0.05, 0) is 98.0 Å². The predicted octanol–water partition coefficient (Wildman–Crippen LogP) is 14.1. The third-order valence-electron chi connectivity index (χ3n) is 10.7. The second-order valence-electron chi connectivity index (χ2n) is 14.3. The van der Waals surface area contributed by atoms with Crippen molar-refractivity contribution in [2.75, 3.05) is 0 Å². The largest absolute Gasteiger partial charge is 0.0622 e. The Morgan fingerprint density at radius 1 is 0.385 bits per heavy atom. The summed E-state index contributed by atoms with van der Waals surface area (Å²) in [6.45, 7) is 6.83. The lowest BCUT2D eigenvalue weighted by atomic mass is 9.77. The standard InChI is InChI=1S/C33H30.C19H18/c1-24-15-17-28(18-16-24)29-21-19-27(20-22-29)25(2)33(23-26-9-4-3-5-10-26)32-14-8-12-30-11-6-7-13-31(30)32;1-15(14-16-8-3-2-4-9-16)18-13-7-11-17-10-5-6-12-19(17)18/h3-22,25,33H,23H2,1-2H3;2-13,15H,14H2,1H3. The van der Waals surface area contributed by atoms with Gasteiger partial charge in [-0.1, -0.05) is 214 Å². The summed E-state index contributed by atoms with van der Waals surface area (Å²) >= 11 is 0. The van der Waals surface area contributed by atoms with Gasteiger partial charge in [0.05, 0.1) is 0 Å². The van der Waals surface area contributed by atoms with Gasteiger partial charge in [0.2, 0.25) is 0 Å². The molecule has 8 rings (SSSR count). The minimum atomic E-state index is 0.392. The van der Waals surface area contributed by atoms with E-state index in [0.29, 0.717) is 17.8 Å². The van der Waals surface area contributed by atoms with E-state index < -0.39 is 0 Å². The van der Waals surface area contributed by atoms with Crippen LogP contribution in [-0.4, -0.2) is 0 Å². The van der Waals surface area contributed by atoms with Gasteiger partial charge in [0.25, 0.3) is 0 Å². The molecule has 0 bridgehead atoms. The Morgan fingerprint density at radius 2 is 0.827 bits per heavy atom. The Hall–Kier alpha value is -5.72. The van der Waals surface area contributed by atoms with Gasteiger partial charge in [-0.15, -0.1) is 0 Å². The molecule has 8 aromatic carbocycles. The summed E-state index contributed by atoms with van der Waals surface area (Å²) in [7, 11) is 0. The number of rotatable bonds is 9. The smallest absolute Gasteiger partial charge is 0.00491 e. The Labute approximate surface area is 310 Å². The molecule has 3 atom stereocenters. The van der Waals surface area contributed by atoms with Crippen molar-refractivity contribution in [3.63, 3.8) is 0 Å². The molecule has 0 aromatic heterocycles. The van der Waals surface area contributed by atoms with Crippen LogP contribution in [-0.2, 0) is 12.8 Å². The SMILES string of the molecule is CC(Cc1ccccc1)c1cccc2ccccc12.Cc1ccc(-c2ccc(C(C)C(Cc3ccccc3)c3cccc4ccccc34)cc2)cc1. The molecule has 52 heavy (non-hydrogen) atoms. The zero-order valence-corrected chi connectivity index (χ0v) is 30.6. The summed E-state index contributed by atoms with van der Waals surface area (Å²) in [6, 6.07) is 70.4. The normalized spacial score (nSPS) is 12.8. The number of hydrogen-bond acceptors (Lipinski definition) is 0. The van der Waals surface area contributed by atoms with E-state index in [1.165, 1.54) is 66.1 Å². The topological polar surface area (TPSA) is 0 Å². The molecule has 0 N–H and O–H groups in total. The van der Waals surface area contributed by atoms with Crippen LogP contribution in [0.3, 0.4) is 0 Å². The maximum absolute atomic E-state index is 2.39. The zero-order chi connectivity index (χ0) is 35.7. The highest BCUT2D eigenvalue weighted by Gasteiger charge is 2.23. The molecule has 0 saturated heterocycles. The first-order valence-electron chi connectivity index (χ1n) is 18.7. The van der Waals surface area contributed by atoms with E-state index in [4.69, 9.17) is 0 Å². The van der Waals surface area contributed by atoms with Crippen molar-refractivity contribution in [2.24, 2.45) is 0 Å². The van der Waals surface area contributed by atoms with Crippen molar-refractivity contribution < 1.29 is 0 Å².